The zero-order chi connectivity index (χ0) is 19.1. The molecule has 0 aliphatic heterocycles. The first kappa shape index (κ1) is 19.2. The number of halogens is 1. The van der Waals surface area contributed by atoms with Crippen LogP contribution in [0, 0.1) is 3.57 Å². The van der Waals surface area contributed by atoms with Crippen molar-refractivity contribution in [2.75, 3.05) is 13.7 Å². The fraction of sp³-hybridized carbons (Fsp3) is 0.200. The van der Waals surface area contributed by atoms with Crippen LogP contribution in [0.5, 0.6) is 11.5 Å². The van der Waals surface area contributed by atoms with Crippen LogP contribution in [0.1, 0.15) is 10.4 Å². The summed E-state index contributed by atoms with van der Waals surface area (Å²) >= 11 is 2.24. The highest BCUT2D eigenvalue weighted by Crippen LogP contribution is 2.16. The summed E-state index contributed by atoms with van der Waals surface area (Å²) in [5.41, 5.74) is 0.459. The number of aromatic nitrogens is 2. The molecule has 0 radical (unpaired) electrons. The molecule has 2 aromatic carbocycles. The molecule has 0 saturated carbocycles. The van der Waals surface area contributed by atoms with Gasteiger partial charge in [0.25, 0.3) is 0 Å². The summed E-state index contributed by atoms with van der Waals surface area (Å²) in [5.74, 6) is 1.00. The molecule has 0 amide bonds. The van der Waals surface area contributed by atoms with Gasteiger partial charge in [0.15, 0.2) is 6.10 Å². The molecule has 0 spiro atoms. The van der Waals surface area contributed by atoms with Gasteiger partial charge in [-0.05, 0) is 71.1 Å². The van der Waals surface area contributed by atoms with Crippen molar-refractivity contribution < 1.29 is 19.0 Å². The fourth-order valence-corrected chi connectivity index (χ4v) is 2.78. The number of ether oxygens (including phenoxy) is 3. The Balaban J connectivity index is 1.66. The lowest BCUT2D eigenvalue weighted by Crippen LogP contribution is -2.29. The highest BCUT2D eigenvalue weighted by molar-refractivity contribution is 14.1. The summed E-state index contributed by atoms with van der Waals surface area (Å²) in [5, 5.41) is 0. The number of rotatable bonds is 8. The third kappa shape index (κ3) is 5.72. The van der Waals surface area contributed by atoms with E-state index >= 15 is 0 Å². The molecule has 140 valence electrons. The Bertz CT molecular complexity index is 849. The number of imidazole rings is 1. The summed E-state index contributed by atoms with van der Waals surface area (Å²) in [7, 11) is 1.58. The van der Waals surface area contributed by atoms with Gasteiger partial charge in [0.1, 0.15) is 18.1 Å². The number of hydrogen-bond acceptors (Lipinski definition) is 5. The average Bonchev–Trinajstić information content (AvgIpc) is 3.20. The van der Waals surface area contributed by atoms with Crippen LogP contribution in [-0.4, -0.2) is 35.3 Å². The van der Waals surface area contributed by atoms with E-state index in [9.17, 15) is 4.79 Å². The van der Waals surface area contributed by atoms with Gasteiger partial charge in [-0.1, -0.05) is 0 Å². The van der Waals surface area contributed by atoms with Crippen molar-refractivity contribution in [1.29, 1.82) is 0 Å². The van der Waals surface area contributed by atoms with Gasteiger partial charge in [0.05, 0.1) is 25.5 Å². The minimum Gasteiger partial charge on any atom is -0.497 e. The molecule has 27 heavy (non-hydrogen) atoms. The van der Waals surface area contributed by atoms with E-state index in [4.69, 9.17) is 14.2 Å². The average molecular weight is 478 g/mol. The first-order chi connectivity index (χ1) is 13.1. The number of nitrogens with zero attached hydrogens (tertiary/aromatic N) is 2. The SMILES string of the molecule is COc1ccc(C(=O)O[C@@H](COc2ccc(I)cc2)Cn2ccnc2)cc1. The van der Waals surface area contributed by atoms with Crippen molar-refractivity contribution in [3.8, 4) is 11.5 Å². The van der Waals surface area contributed by atoms with Crippen LogP contribution < -0.4 is 9.47 Å². The Morgan fingerprint density at radius 2 is 1.81 bits per heavy atom. The van der Waals surface area contributed by atoms with Crippen molar-refractivity contribution in [2.24, 2.45) is 0 Å². The zero-order valence-corrected chi connectivity index (χ0v) is 16.9. The molecule has 3 aromatic rings. The van der Waals surface area contributed by atoms with E-state index < -0.39 is 12.1 Å². The Kier molecular flexibility index (Phi) is 6.69. The number of hydrogen-bond donors (Lipinski definition) is 0. The van der Waals surface area contributed by atoms with E-state index in [1.807, 2.05) is 35.0 Å². The second kappa shape index (κ2) is 9.40. The van der Waals surface area contributed by atoms with Gasteiger partial charge in [-0.3, -0.25) is 0 Å². The monoisotopic (exact) mass is 478 g/mol. The van der Waals surface area contributed by atoms with Gasteiger partial charge in [0.2, 0.25) is 0 Å². The second-order valence-corrected chi connectivity index (χ2v) is 7.03. The number of carbonyl (C=O) groups excluding carboxylic acids is 1. The van der Waals surface area contributed by atoms with Crippen molar-refractivity contribution in [1.82, 2.24) is 9.55 Å². The Morgan fingerprint density at radius 1 is 1.11 bits per heavy atom. The Hall–Kier alpha value is -2.55. The molecule has 0 saturated heterocycles. The van der Waals surface area contributed by atoms with Gasteiger partial charge >= 0.3 is 5.97 Å². The molecular formula is C20H19IN2O4. The quantitative estimate of drug-likeness (QED) is 0.364. The molecular weight excluding hydrogens is 459 g/mol. The minimum atomic E-state index is -0.465. The van der Waals surface area contributed by atoms with Gasteiger partial charge in [0, 0.05) is 16.0 Å². The van der Waals surface area contributed by atoms with E-state index in [1.54, 1.807) is 43.9 Å². The summed E-state index contributed by atoms with van der Waals surface area (Å²) < 4.78 is 19.6. The summed E-state index contributed by atoms with van der Waals surface area (Å²) in [6.45, 7) is 0.687. The second-order valence-electron chi connectivity index (χ2n) is 5.78. The number of benzene rings is 2. The molecule has 0 bridgehead atoms. The Morgan fingerprint density at radius 3 is 2.44 bits per heavy atom. The summed E-state index contributed by atoms with van der Waals surface area (Å²) in [4.78, 5) is 16.5. The van der Waals surface area contributed by atoms with Crippen LogP contribution in [0.2, 0.25) is 0 Å². The standard InChI is InChI=1S/C20H19IN2O4/c1-25-17-6-2-15(3-7-17)20(24)27-19(12-23-11-10-22-14-23)13-26-18-8-4-16(21)5-9-18/h2-11,14,19H,12-13H2,1H3/t19-/m1/s1. The lowest BCUT2D eigenvalue weighted by atomic mass is 10.2. The van der Waals surface area contributed by atoms with Gasteiger partial charge in [-0.15, -0.1) is 0 Å². The van der Waals surface area contributed by atoms with Gasteiger partial charge in [-0.25, -0.2) is 9.78 Å². The van der Waals surface area contributed by atoms with Crippen LogP contribution in [-0.2, 0) is 11.3 Å². The molecule has 0 aliphatic rings. The molecule has 1 heterocycles. The van der Waals surface area contributed by atoms with Crippen LogP contribution in [0.15, 0.2) is 67.3 Å². The molecule has 3 rings (SSSR count). The predicted octanol–water partition coefficient (Wildman–Crippen LogP) is 3.80. The van der Waals surface area contributed by atoms with Gasteiger partial charge in [-0.2, -0.15) is 0 Å². The summed E-state index contributed by atoms with van der Waals surface area (Å²) in [6, 6.07) is 14.5. The smallest absolute Gasteiger partial charge is 0.338 e. The maximum absolute atomic E-state index is 12.5. The van der Waals surface area contributed by atoms with E-state index in [0.29, 0.717) is 17.9 Å². The minimum absolute atomic E-state index is 0.237. The fourth-order valence-electron chi connectivity index (χ4n) is 2.42. The summed E-state index contributed by atoms with van der Waals surface area (Å²) in [6.07, 6.45) is 4.72. The molecule has 1 atom stereocenters. The van der Waals surface area contributed by atoms with E-state index in [-0.39, 0.29) is 6.61 Å². The van der Waals surface area contributed by atoms with E-state index in [2.05, 4.69) is 27.6 Å². The van der Waals surface area contributed by atoms with Crippen LogP contribution in [0.3, 0.4) is 0 Å². The third-order valence-electron chi connectivity index (χ3n) is 3.82. The number of carbonyl (C=O) groups is 1. The maximum atomic E-state index is 12.5. The maximum Gasteiger partial charge on any atom is 0.338 e. The van der Waals surface area contributed by atoms with E-state index in [1.165, 1.54) is 0 Å². The van der Waals surface area contributed by atoms with Crippen molar-refractivity contribution in [2.45, 2.75) is 12.6 Å². The predicted molar refractivity (Wildman–Crippen MR) is 109 cm³/mol. The van der Waals surface area contributed by atoms with Crippen LogP contribution in [0.4, 0.5) is 0 Å². The molecule has 0 unspecified atom stereocenters. The zero-order valence-electron chi connectivity index (χ0n) is 14.7. The molecule has 1 aromatic heterocycles. The molecule has 0 aliphatic carbocycles. The van der Waals surface area contributed by atoms with Crippen molar-refractivity contribution in [3.05, 3.63) is 76.4 Å². The van der Waals surface area contributed by atoms with E-state index in [0.717, 1.165) is 9.32 Å². The largest absolute Gasteiger partial charge is 0.497 e. The molecule has 7 heteroatoms. The Labute approximate surface area is 171 Å². The molecule has 0 N–H and O–H groups in total. The topological polar surface area (TPSA) is 62.6 Å². The highest BCUT2D eigenvalue weighted by Gasteiger charge is 2.18. The third-order valence-corrected chi connectivity index (χ3v) is 4.54. The van der Waals surface area contributed by atoms with Crippen molar-refractivity contribution >= 4 is 28.6 Å². The highest BCUT2D eigenvalue weighted by atomic mass is 127. The van der Waals surface area contributed by atoms with Crippen LogP contribution in [0.25, 0.3) is 0 Å². The lowest BCUT2D eigenvalue weighted by Gasteiger charge is -2.19. The first-order valence-corrected chi connectivity index (χ1v) is 9.41. The normalized spacial score (nSPS) is 11.6. The number of methoxy groups -OCH3 is 1. The van der Waals surface area contributed by atoms with Gasteiger partial charge < -0.3 is 18.8 Å². The first-order valence-electron chi connectivity index (χ1n) is 8.33. The van der Waals surface area contributed by atoms with Crippen LogP contribution >= 0.6 is 22.6 Å². The van der Waals surface area contributed by atoms with Crippen molar-refractivity contribution in [3.63, 3.8) is 0 Å². The number of esters is 1. The molecule has 0 fully saturated rings. The molecule has 6 nitrogen and oxygen atoms in total. The lowest BCUT2D eigenvalue weighted by molar-refractivity contribution is 0.0125.